The van der Waals surface area contributed by atoms with E-state index in [1.165, 1.54) is 10.8 Å². The van der Waals surface area contributed by atoms with Crippen molar-refractivity contribution in [1.29, 1.82) is 0 Å². The van der Waals surface area contributed by atoms with Crippen molar-refractivity contribution in [3.63, 3.8) is 0 Å². The number of benzene rings is 6. The first-order chi connectivity index (χ1) is 25.2. The van der Waals surface area contributed by atoms with Crippen LogP contribution in [0.1, 0.15) is 12.5 Å². The van der Waals surface area contributed by atoms with Gasteiger partial charge in [-0.05, 0) is 42.3 Å². The predicted octanol–water partition coefficient (Wildman–Crippen LogP) is 12.0. The summed E-state index contributed by atoms with van der Waals surface area (Å²) in [6.45, 7) is 6.12. The number of nitrogens with zero attached hydrogens (tertiary/aromatic N) is 4. The van der Waals surface area contributed by atoms with E-state index in [0.29, 0.717) is 17.5 Å². The Morgan fingerprint density at radius 2 is 1.27 bits per heavy atom. The van der Waals surface area contributed by atoms with E-state index in [2.05, 4.69) is 84.0 Å². The molecule has 0 radical (unpaired) electrons. The Balaban J connectivity index is 1.30. The second-order valence-electron chi connectivity index (χ2n) is 12.4. The van der Waals surface area contributed by atoms with Crippen molar-refractivity contribution in [2.75, 3.05) is 0 Å². The average Bonchev–Trinajstić information content (AvgIpc) is 3.74. The van der Waals surface area contributed by atoms with Gasteiger partial charge in [0.05, 0.1) is 16.7 Å². The molecular formula is C46H32N4O. The highest BCUT2D eigenvalue weighted by molar-refractivity contribution is 6.16. The summed E-state index contributed by atoms with van der Waals surface area (Å²) in [6.07, 6.45) is 8.07. The minimum atomic E-state index is 0.591. The minimum absolute atomic E-state index is 0.591. The molecule has 3 aromatic heterocycles. The first kappa shape index (κ1) is 30.2. The number of para-hydroxylation sites is 2. The van der Waals surface area contributed by atoms with Gasteiger partial charge in [-0.15, -0.1) is 0 Å². The summed E-state index contributed by atoms with van der Waals surface area (Å²) in [5.74, 6) is 1.83. The Bertz CT molecular complexity index is 2770. The number of rotatable bonds is 7. The first-order valence-electron chi connectivity index (χ1n) is 17.0. The summed E-state index contributed by atoms with van der Waals surface area (Å²) in [4.78, 5) is 15.0. The lowest BCUT2D eigenvalue weighted by Gasteiger charge is -2.10. The molecule has 0 N–H and O–H groups in total. The molecule has 242 valence electrons. The third-order valence-electron chi connectivity index (χ3n) is 9.38. The first-order valence-corrected chi connectivity index (χ1v) is 17.0. The van der Waals surface area contributed by atoms with Gasteiger partial charge in [0.25, 0.3) is 0 Å². The molecule has 0 saturated heterocycles. The van der Waals surface area contributed by atoms with Crippen LogP contribution in [0.5, 0.6) is 0 Å². The van der Waals surface area contributed by atoms with Crippen LogP contribution in [-0.2, 0) is 0 Å². The standard InChI is InChI=1S/C46H32N4O/c1-3-5-16-30(4-2)33-27-28-35-34-21-12-13-24-38(34)50(40(35)29-33)39-25-14-22-36-42-37(23-15-26-41(42)51-43(36)39)46-48-44(31-17-8-6-9-18-31)47-45(49-46)32-19-10-7-11-20-32/h3-29H,2H2,1H3/b5-3-,30-16+. The Morgan fingerprint density at radius 1 is 0.627 bits per heavy atom. The zero-order valence-corrected chi connectivity index (χ0v) is 28.0. The van der Waals surface area contributed by atoms with E-state index in [9.17, 15) is 0 Å². The lowest BCUT2D eigenvalue weighted by atomic mass is 10.0. The largest absolute Gasteiger partial charge is 0.454 e. The Labute approximate surface area is 295 Å². The van der Waals surface area contributed by atoms with Crippen molar-refractivity contribution in [2.24, 2.45) is 0 Å². The fraction of sp³-hybridized carbons (Fsp3) is 0.0217. The van der Waals surface area contributed by atoms with Gasteiger partial charge >= 0.3 is 0 Å². The minimum Gasteiger partial charge on any atom is -0.454 e. The molecule has 3 heterocycles. The molecule has 0 atom stereocenters. The highest BCUT2D eigenvalue weighted by atomic mass is 16.3. The molecule has 9 aromatic rings. The molecule has 0 aliphatic heterocycles. The molecule has 0 amide bonds. The van der Waals surface area contributed by atoms with E-state index in [0.717, 1.165) is 66.5 Å². The van der Waals surface area contributed by atoms with Crippen molar-refractivity contribution in [1.82, 2.24) is 19.5 Å². The normalized spacial score (nSPS) is 12.1. The van der Waals surface area contributed by atoms with Crippen LogP contribution < -0.4 is 0 Å². The molecular weight excluding hydrogens is 625 g/mol. The SMILES string of the molecule is C=C/C(=C\C=C/C)c1ccc2c3ccccc3n(-c3cccc4c3oc3cccc(-c5nc(-c6ccccc6)nc(-c6ccccc6)n5)c34)c2c1. The second kappa shape index (κ2) is 12.6. The zero-order chi connectivity index (χ0) is 34.3. The van der Waals surface area contributed by atoms with Crippen LogP contribution >= 0.6 is 0 Å². The highest BCUT2D eigenvalue weighted by Crippen LogP contribution is 2.41. The van der Waals surface area contributed by atoms with E-state index in [4.69, 9.17) is 19.4 Å². The third kappa shape index (κ3) is 5.15. The van der Waals surface area contributed by atoms with E-state index in [-0.39, 0.29) is 0 Å². The molecule has 0 aliphatic carbocycles. The Kier molecular flexibility index (Phi) is 7.44. The Morgan fingerprint density at radius 3 is 2.00 bits per heavy atom. The molecule has 0 saturated carbocycles. The number of hydrogen-bond acceptors (Lipinski definition) is 4. The van der Waals surface area contributed by atoms with Crippen LogP contribution in [0, 0.1) is 0 Å². The van der Waals surface area contributed by atoms with Crippen LogP contribution in [0.4, 0.5) is 0 Å². The quantitative estimate of drug-likeness (QED) is 0.160. The average molecular weight is 657 g/mol. The number of allylic oxidation sites excluding steroid dienone is 5. The number of furan rings is 1. The molecule has 9 rings (SSSR count). The number of hydrogen-bond donors (Lipinski definition) is 0. The van der Waals surface area contributed by atoms with E-state index < -0.39 is 0 Å². The van der Waals surface area contributed by atoms with Crippen LogP contribution in [0.2, 0.25) is 0 Å². The maximum atomic E-state index is 6.82. The van der Waals surface area contributed by atoms with Crippen LogP contribution in [0.3, 0.4) is 0 Å². The van der Waals surface area contributed by atoms with E-state index in [1.807, 2.05) is 97.9 Å². The molecule has 0 aliphatic rings. The van der Waals surface area contributed by atoms with E-state index >= 15 is 0 Å². The molecule has 0 fully saturated rings. The van der Waals surface area contributed by atoms with Crippen molar-refractivity contribution < 1.29 is 4.42 Å². The topological polar surface area (TPSA) is 56.7 Å². The lowest BCUT2D eigenvalue weighted by Crippen LogP contribution is -2.00. The third-order valence-corrected chi connectivity index (χ3v) is 9.38. The van der Waals surface area contributed by atoms with Crippen LogP contribution in [0.25, 0.3) is 89.2 Å². The second-order valence-corrected chi connectivity index (χ2v) is 12.4. The van der Waals surface area contributed by atoms with Gasteiger partial charge in [-0.25, -0.2) is 15.0 Å². The summed E-state index contributed by atoms with van der Waals surface area (Å²) in [5, 5.41) is 4.30. The molecule has 6 aromatic carbocycles. The summed E-state index contributed by atoms with van der Waals surface area (Å²) in [7, 11) is 0. The molecule has 5 nitrogen and oxygen atoms in total. The lowest BCUT2D eigenvalue weighted by molar-refractivity contribution is 0.666. The monoisotopic (exact) mass is 656 g/mol. The van der Waals surface area contributed by atoms with Gasteiger partial charge in [0.15, 0.2) is 23.1 Å². The summed E-state index contributed by atoms with van der Waals surface area (Å²) < 4.78 is 9.14. The summed E-state index contributed by atoms with van der Waals surface area (Å²) in [6, 6.07) is 47.8. The predicted molar refractivity (Wildman–Crippen MR) is 211 cm³/mol. The number of fused-ring (bicyclic) bond motifs is 6. The van der Waals surface area contributed by atoms with Crippen molar-refractivity contribution in [3.05, 3.63) is 176 Å². The molecule has 0 spiro atoms. The van der Waals surface area contributed by atoms with E-state index in [1.54, 1.807) is 0 Å². The number of aromatic nitrogens is 4. The Hall–Kier alpha value is -6.85. The smallest absolute Gasteiger partial charge is 0.164 e. The summed E-state index contributed by atoms with van der Waals surface area (Å²) >= 11 is 0. The molecule has 0 bridgehead atoms. The maximum absolute atomic E-state index is 6.82. The molecule has 51 heavy (non-hydrogen) atoms. The van der Waals surface area contributed by atoms with Gasteiger partial charge in [0.1, 0.15) is 5.58 Å². The van der Waals surface area contributed by atoms with Gasteiger partial charge in [0.2, 0.25) is 0 Å². The fourth-order valence-electron chi connectivity index (χ4n) is 7.02. The van der Waals surface area contributed by atoms with Crippen LogP contribution in [-0.4, -0.2) is 19.5 Å². The highest BCUT2D eigenvalue weighted by Gasteiger charge is 2.21. The van der Waals surface area contributed by atoms with Gasteiger partial charge in [-0.1, -0.05) is 146 Å². The fourth-order valence-corrected chi connectivity index (χ4v) is 7.02. The zero-order valence-electron chi connectivity index (χ0n) is 28.0. The van der Waals surface area contributed by atoms with Crippen molar-refractivity contribution in [2.45, 2.75) is 6.92 Å². The van der Waals surface area contributed by atoms with Gasteiger partial charge in [0, 0.05) is 38.2 Å². The molecule has 0 unspecified atom stereocenters. The van der Waals surface area contributed by atoms with Gasteiger partial charge < -0.3 is 8.98 Å². The van der Waals surface area contributed by atoms with Gasteiger partial charge in [-0.3, -0.25) is 0 Å². The van der Waals surface area contributed by atoms with Crippen molar-refractivity contribution >= 4 is 49.3 Å². The molecule has 5 heteroatoms. The summed E-state index contributed by atoms with van der Waals surface area (Å²) in [5.41, 5.74) is 9.60. The van der Waals surface area contributed by atoms with Crippen LogP contribution in [0.15, 0.2) is 175 Å². The maximum Gasteiger partial charge on any atom is 0.164 e. The van der Waals surface area contributed by atoms with Crippen molar-refractivity contribution in [3.8, 4) is 39.9 Å². The van der Waals surface area contributed by atoms with Gasteiger partial charge in [-0.2, -0.15) is 0 Å².